The summed E-state index contributed by atoms with van der Waals surface area (Å²) >= 11 is 5.98. The predicted molar refractivity (Wildman–Crippen MR) is 132 cm³/mol. The molecule has 0 radical (unpaired) electrons. The molecule has 0 spiro atoms. The lowest BCUT2D eigenvalue weighted by Gasteiger charge is -2.25. The minimum atomic E-state index is -0.708. The standard InChI is InChI=1S/C26H24ClFN4O3/c1-35-23(15-33)21(13-24-29-10-3-11-30-24)32-26(34)19-4-2-5-20(28)25(19)22-12-17(14-31-22)16-6-8-18(27)9-7-16/h2-12,21,23,33H,13-15H2,1H3,(H,32,34)/t21-,23-/m1/s1. The average Bonchev–Trinajstić information content (AvgIpc) is 3.35. The number of aliphatic hydroxyl groups excluding tert-OH is 1. The molecule has 3 aromatic rings. The van der Waals surface area contributed by atoms with Gasteiger partial charge in [0.05, 0.1) is 30.5 Å². The van der Waals surface area contributed by atoms with Gasteiger partial charge in [0.25, 0.3) is 5.91 Å². The Kier molecular flexibility index (Phi) is 7.97. The molecule has 7 nitrogen and oxygen atoms in total. The van der Waals surface area contributed by atoms with Gasteiger partial charge in [-0.1, -0.05) is 29.8 Å². The van der Waals surface area contributed by atoms with Gasteiger partial charge in [0.15, 0.2) is 0 Å². The Balaban J connectivity index is 1.62. The van der Waals surface area contributed by atoms with Crippen molar-refractivity contribution in [3.63, 3.8) is 0 Å². The van der Waals surface area contributed by atoms with Gasteiger partial charge in [0.1, 0.15) is 17.7 Å². The number of methoxy groups -OCH3 is 1. The van der Waals surface area contributed by atoms with Crippen molar-refractivity contribution < 1.29 is 19.0 Å². The van der Waals surface area contributed by atoms with Gasteiger partial charge in [-0.3, -0.25) is 9.79 Å². The molecule has 180 valence electrons. The van der Waals surface area contributed by atoms with E-state index in [2.05, 4.69) is 20.3 Å². The third-order valence-electron chi connectivity index (χ3n) is 5.73. The lowest BCUT2D eigenvalue weighted by atomic mass is 9.98. The van der Waals surface area contributed by atoms with E-state index in [1.165, 1.54) is 19.2 Å². The summed E-state index contributed by atoms with van der Waals surface area (Å²) in [7, 11) is 1.44. The van der Waals surface area contributed by atoms with Crippen LogP contribution >= 0.6 is 11.6 Å². The molecule has 1 amide bonds. The Hall–Kier alpha value is -3.46. The fraction of sp³-hybridized carbons (Fsp3) is 0.231. The normalized spacial score (nSPS) is 14.7. The summed E-state index contributed by atoms with van der Waals surface area (Å²) in [4.78, 5) is 26.2. The number of ether oxygens (including phenoxy) is 1. The zero-order chi connectivity index (χ0) is 24.8. The van der Waals surface area contributed by atoms with Crippen LogP contribution in [0.2, 0.25) is 5.02 Å². The highest BCUT2D eigenvalue weighted by molar-refractivity contribution is 6.30. The fourth-order valence-corrected chi connectivity index (χ4v) is 4.04. The lowest BCUT2D eigenvalue weighted by Crippen LogP contribution is -2.47. The number of nitrogens with zero attached hydrogens (tertiary/aromatic N) is 3. The molecule has 0 unspecified atom stereocenters. The van der Waals surface area contributed by atoms with Gasteiger partial charge in [0, 0.05) is 36.5 Å². The number of benzene rings is 2. The molecule has 2 aromatic carbocycles. The molecule has 2 heterocycles. The second-order valence-electron chi connectivity index (χ2n) is 7.95. The average molecular weight is 495 g/mol. The summed E-state index contributed by atoms with van der Waals surface area (Å²) in [6.45, 7) is 0.0285. The number of aliphatic imine (C=N–C) groups is 1. The van der Waals surface area contributed by atoms with Crippen molar-refractivity contribution in [1.29, 1.82) is 0 Å². The van der Waals surface area contributed by atoms with Crippen LogP contribution in [0.4, 0.5) is 4.39 Å². The highest BCUT2D eigenvalue weighted by Gasteiger charge is 2.27. The molecule has 0 saturated carbocycles. The van der Waals surface area contributed by atoms with E-state index in [1.54, 1.807) is 42.7 Å². The number of carbonyl (C=O) groups excluding carboxylic acids is 1. The van der Waals surface area contributed by atoms with Crippen molar-refractivity contribution in [1.82, 2.24) is 15.3 Å². The highest BCUT2D eigenvalue weighted by Crippen LogP contribution is 2.26. The molecule has 0 aliphatic carbocycles. The second-order valence-corrected chi connectivity index (χ2v) is 8.38. The van der Waals surface area contributed by atoms with Gasteiger partial charge in [-0.05, 0) is 47.5 Å². The van der Waals surface area contributed by atoms with E-state index in [9.17, 15) is 9.90 Å². The van der Waals surface area contributed by atoms with Gasteiger partial charge in [-0.15, -0.1) is 0 Å². The summed E-state index contributed by atoms with van der Waals surface area (Å²) in [6.07, 6.45) is 4.47. The summed E-state index contributed by atoms with van der Waals surface area (Å²) in [5.74, 6) is -0.603. The first-order chi connectivity index (χ1) is 17.0. The van der Waals surface area contributed by atoms with Crippen molar-refractivity contribution >= 4 is 28.8 Å². The second kappa shape index (κ2) is 11.3. The predicted octanol–water partition coefficient (Wildman–Crippen LogP) is 3.50. The van der Waals surface area contributed by atoms with Crippen molar-refractivity contribution in [2.45, 2.75) is 18.6 Å². The molecule has 35 heavy (non-hydrogen) atoms. The molecule has 1 aromatic heterocycles. The van der Waals surface area contributed by atoms with Gasteiger partial charge in [-0.2, -0.15) is 0 Å². The summed E-state index contributed by atoms with van der Waals surface area (Å²) in [6, 6.07) is 12.7. The molecule has 1 aliphatic rings. The first-order valence-electron chi connectivity index (χ1n) is 11.0. The van der Waals surface area contributed by atoms with Crippen LogP contribution < -0.4 is 5.32 Å². The number of aliphatic hydroxyl groups is 1. The Labute approximate surface area is 207 Å². The van der Waals surface area contributed by atoms with Gasteiger partial charge < -0.3 is 15.2 Å². The van der Waals surface area contributed by atoms with Crippen LogP contribution in [-0.4, -0.2) is 59.1 Å². The van der Waals surface area contributed by atoms with Crippen molar-refractivity contribution in [3.05, 3.63) is 100 Å². The molecule has 4 rings (SSSR count). The van der Waals surface area contributed by atoms with Crippen LogP contribution in [0.5, 0.6) is 0 Å². The maximum atomic E-state index is 15.0. The van der Waals surface area contributed by atoms with E-state index >= 15 is 4.39 Å². The maximum absolute atomic E-state index is 15.0. The number of halogens is 2. The number of hydrogen-bond donors (Lipinski definition) is 2. The summed E-state index contributed by atoms with van der Waals surface area (Å²) in [5, 5.41) is 13.3. The quantitative estimate of drug-likeness (QED) is 0.474. The lowest BCUT2D eigenvalue weighted by molar-refractivity contribution is 0.0211. The number of amides is 1. The maximum Gasteiger partial charge on any atom is 0.252 e. The summed E-state index contributed by atoms with van der Waals surface area (Å²) in [5.41, 5.74) is 2.44. The molecule has 2 atom stereocenters. The van der Waals surface area contributed by atoms with Gasteiger partial charge >= 0.3 is 0 Å². The van der Waals surface area contributed by atoms with E-state index < -0.39 is 23.9 Å². The van der Waals surface area contributed by atoms with Crippen LogP contribution in [0, 0.1) is 5.82 Å². The molecule has 1 aliphatic heterocycles. The minimum Gasteiger partial charge on any atom is -0.394 e. The molecular weight excluding hydrogens is 471 g/mol. The van der Waals surface area contributed by atoms with Crippen LogP contribution in [0.15, 0.2) is 72.0 Å². The number of carbonyl (C=O) groups is 1. The molecule has 9 heteroatoms. The Bertz CT molecular complexity index is 1250. The van der Waals surface area contributed by atoms with Crippen LogP contribution in [-0.2, 0) is 11.2 Å². The molecule has 0 saturated heterocycles. The van der Waals surface area contributed by atoms with Crippen molar-refractivity contribution in [2.75, 3.05) is 20.3 Å². The van der Waals surface area contributed by atoms with Crippen LogP contribution in [0.3, 0.4) is 0 Å². The van der Waals surface area contributed by atoms with E-state index in [4.69, 9.17) is 16.3 Å². The number of nitrogens with one attached hydrogen (secondary N) is 1. The Morgan fingerprint density at radius 3 is 2.60 bits per heavy atom. The number of aromatic nitrogens is 2. The smallest absolute Gasteiger partial charge is 0.252 e. The SMILES string of the molecule is CO[C@H](CO)[C@@H](Cc1ncccn1)NC(=O)c1cccc(F)c1C1=NCC(c2ccc(Cl)cc2)=C1. The van der Waals surface area contributed by atoms with E-state index in [1.807, 2.05) is 12.1 Å². The molecular formula is C26H24ClFN4O3. The first kappa shape index (κ1) is 24.7. The largest absolute Gasteiger partial charge is 0.394 e. The Morgan fingerprint density at radius 1 is 1.17 bits per heavy atom. The zero-order valence-electron chi connectivity index (χ0n) is 19.0. The summed E-state index contributed by atoms with van der Waals surface area (Å²) < 4.78 is 20.4. The fourth-order valence-electron chi connectivity index (χ4n) is 3.91. The number of rotatable bonds is 9. The molecule has 0 fully saturated rings. The number of hydrogen-bond acceptors (Lipinski definition) is 6. The van der Waals surface area contributed by atoms with E-state index in [-0.39, 0.29) is 24.2 Å². The topological polar surface area (TPSA) is 96.7 Å². The first-order valence-corrected chi connectivity index (χ1v) is 11.4. The highest BCUT2D eigenvalue weighted by atomic mass is 35.5. The Morgan fingerprint density at radius 2 is 1.91 bits per heavy atom. The van der Waals surface area contributed by atoms with Crippen LogP contribution in [0.1, 0.15) is 27.3 Å². The van der Waals surface area contributed by atoms with Crippen molar-refractivity contribution in [3.8, 4) is 0 Å². The van der Waals surface area contributed by atoms with Gasteiger partial charge in [-0.25, -0.2) is 14.4 Å². The van der Waals surface area contributed by atoms with E-state index in [0.717, 1.165) is 11.1 Å². The van der Waals surface area contributed by atoms with Gasteiger partial charge in [0.2, 0.25) is 0 Å². The van der Waals surface area contributed by atoms with Crippen molar-refractivity contribution in [2.24, 2.45) is 4.99 Å². The molecule has 0 bridgehead atoms. The zero-order valence-corrected chi connectivity index (χ0v) is 19.7. The monoisotopic (exact) mass is 494 g/mol. The minimum absolute atomic E-state index is 0.113. The van der Waals surface area contributed by atoms with E-state index in [0.29, 0.717) is 23.1 Å². The third-order valence-corrected chi connectivity index (χ3v) is 5.98. The third kappa shape index (κ3) is 5.79. The van der Waals surface area contributed by atoms with Crippen LogP contribution in [0.25, 0.3) is 5.57 Å². The number of allylic oxidation sites excluding steroid dienone is 1. The molecule has 2 N–H and O–H groups in total.